The van der Waals surface area contributed by atoms with Crippen LogP contribution in [0.2, 0.25) is 0 Å². The summed E-state index contributed by atoms with van der Waals surface area (Å²) in [6.07, 6.45) is 1.70. The summed E-state index contributed by atoms with van der Waals surface area (Å²) in [7, 11) is 2.06. The third-order valence-electron chi connectivity index (χ3n) is 5.78. The van der Waals surface area contributed by atoms with Gasteiger partial charge in [-0.1, -0.05) is 5.21 Å². The van der Waals surface area contributed by atoms with Gasteiger partial charge in [0, 0.05) is 42.8 Å². The number of aryl methyl sites for hydroxylation is 1. The summed E-state index contributed by atoms with van der Waals surface area (Å²) in [5.74, 6) is 0.0375. The van der Waals surface area contributed by atoms with Gasteiger partial charge < -0.3 is 14.8 Å². The van der Waals surface area contributed by atoms with E-state index < -0.39 is 0 Å². The van der Waals surface area contributed by atoms with Gasteiger partial charge in [-0.3, -0.25) is 9.59 Å². The quantitative estimate of drug-likeness (QED) is 0.534. The number of fused-ring (bicyclic) bond motifs is 1. The SMILES string of the molecule is Cc1ccc2cc(-c3cn(-c4ccc(C(=O)N5CCN(C)CC5)cc4)nn3)c(=O)[nH]c2n1. The zero-order chi connectivity index (χ0) is 22.2. The molecule has 0 spiro atoms. The Hall–Kier alpha value is -3.85. The molecule has 32 heavy (non-hydrogen) atoms. The summed E-state index contributed by atoms with van der Waals surface area (Å²) in [5.41, 5.74) is 3.41. The second kappa shape index (κ2) is 8.01. The summed E-state index contributed by atoms with van der Waals surface area (Å²) < 4.78 is 1.59. The van der Waals surface area contributed by atoms with Gasteiger partial charge in [0.2, 0.25) is 0 Å². The number of hydrogen-bond acceptors (Lipinski definition) is 6. The fourth-order valence-electron chi connectivity index (χ4n) is 3.83. The maximum absolute atomic E-state index is 12.7. The highest BCUT2D eigenvalue weighted by Gasteiger charge is 2.20. The van der Waals surface area contributed by atoms with E-state index >= 15 is 0 Å². The number of H-pyrrole nitrogens is 1. The number of rotatable bonds is 3. The summed E-state index contributed by atoms with van der Waals surface area (Å²) >= 11 is 0. The van der Waals surface area contributed by atoms with Crippen molar-refractivity contribution in [3.8, 4) is 16.9 Å². The lowest BCUT2D eigenvalue weighted by atomic mass is 10.1. The van der Waals surface area contributed by atoms with Crippen LogP contribution in [0.1, 0.15) is 16.1 Å². The van der Waals surface area contributed by atoms with Crippen LogP contribution in [-0.2, 0) is 0 Å². The summed E-state index contributed by atoms with van der Waals surface area (Å²) in [5, 5.41) is 9.17. The molecule has 0 aliphatic carbocycles. The number of nitrogens with zero attached hydrogens (tertiary/aromatic N) is 6. The molecule has 162 valence electrons. The van der Waals surface area contributed by atoms with Gasteiger partial charge in [-0.05, 0) is 56.4 Å². The molecular weight excluding hydrogens is 406 g/mol. The Morgan fingerprint density at radius 3 is 2.53 bits per heavy atom. The van der Waals surface area contributed by atoms with Crippen LogP contribution >= 0.6 is 0 Å². The molecule has 1 N–H and O–H groups in total. The van der Waals surface area contributed by atoms with Gasteiger partial charge in [0.05, 0.1) is 17.4 Å². The van der Waals surface area contributed by atoms with Crippen LogP contribution in [0.4, 0.5) is 0 Å². The fourth-order valence-corrected chi connectivity index (χ4v) is 3.83. The molecule has 1 aliphatic rings. The van der Waals surface area contributed by atoms with Gasteiger partial charge >= 0.3 is 0 Å². The number of aromatic amines is 1. The minimum atomic E-state index is -0.268. The average Bonchev–Trinajstić information content (AvgIpc) is 3.29. The van der Waals surface area contributed by atoms with Crippen molar-refractivity contribution in [2.45, 2.75) is 6.92 Å². The highest BCUT2D eigenvalue weighted by atomic mass is 16.2. The van der Waals surface area contributed by atoms with Crippen molar-refractivity contribution >= 4 is 16.9 Å². The largest absolute Gasteiger partial charge is 0.336 e. The van der Waals surface area contributed by atoms with Crippen molar-refractivity contribution in [3.63, 3.8) is 0 Å². The van der Waals surface area contributed by atoms with Gasteiger partial charge in [0.15, 0.2) is 0 Å². The second-order valence-corrected chi connectivity index (χ2v) is 8.09. The zero-order valence-electron chi connectivity index (χ0n) is 17.9. The number of piperazine rings is 1. The zero-order valence-corrected chi connectivity index (χ0v) is 17.9. The Kier molecular flexibility index (Phi) is 5.02. The van der Waals surface area contributed by atoms with Crippen LogP contribution in [0.15, 0.2) is 53.5 Å². The van der Waals surface area contributed by atoms with Crippen molar-refractivity contribution in [1.82, 2.24) is 34.8 Å². The number of hydrogen-bond donors (Lipinski definition) is 1. The molecule has 0 saturated carbocycles. The maximum Gasteiger partial charge on any atom is 0.259 e. The molecule has 4 heterocycles. The molecule has 4 aromatic rings. The normalized spacial score (nSPS) is 14.8. The van der Waals surface area contributed by atoms with E-state index in [0.29, 0.717) is 22.5 Å². The number of carbonyl (C=O) groups excluding carboxylic acids is 1. The summed E-state index contributed by atoms with van der Waals surface area (Å²) in [6, 6.07) is 12.8. The van der Waals surface area contributed by atoms with Crippen LogP contribution in [0.5, 0.6) is 0 Å². The molecule has 0 atom stereocenters. The third kappa shape index (κ3) is 3.78. The molecule has 0 bridgehead atoms. The van der Waals surface area contributed by atoms with Gasteiger partial charge in [-0.2, -0.15) is 0 Å². The maximum atomic E-state index is 12.7. The number of benzene rings is 1. The number of amides is 1. The average molecular weight is 429 g/mol. The van der Waals surface area contributed by atoms with Crippen molar-refractivity contribution in [3.05, 3.63) is 70.3 Å². The molecule has 0 radical (unpaired) electrons. The van der Waals surface area contributed by atoms with E-state index in [9.17, 15) is 9.59 Å². The molecule has 5 rings (SSSR count). The smallest absolute Gasteiger partial charge is 0.259 e. The fraction of sp³-hybridized carbons (Fsp3) is 0.261. The Morgan fingerprint density at radius 1 is 1.03 bits per heavy atom. The molecular formula is C23H23N7O2. The van der Waals surface area contributed by atoms with E-state index in [-0.39, 0.29) is 11.5 Å². The first kappa shape index (κ1) is 20.1. The van der Waals surface area contributed by atoms with Crippen molar-refractivity contribution in [1.29, 1.82) is 0 Å². The highest BCUT2D eigenvalue weighted by molar-refractivity contribution is 5.94. The van der Waals surface area contributed by atoms with Crippen molar-refractivity contribution in [2.24, 2.45) is 0 Å². The lowest BCUT2D eigenvalue weighted by molar-refractivity contribution is 0.0664. The molecule has 9 nitrogen and oxygen atoms in total. The van der Waals surface area contributed by atoms with E-state index in [1.54, 1.807) is 29.1 Å². The van der Waals surface area contributed by atoms with Crippen LogP contribution in [0, 0.1) is 6.92 Å². The van der Waals surface area contributed by atoms with Crippen LogP contribution in [0.3, 0.4) is 0 Å². The number of likely N-dealkylation sites (N-methyl/N-ethyl adjacent to an activating group) is 1. The number of nitrogens with one attached hydrogen (secondary N) is 1. The first-order valence-electron chi connectivity index (χ1n) is 10.5. The van der Waals surface area contributed by atoms with Crippen LogP contribution in [-0.4, -0.2) is 73.9 Å². The van der Waals surface area contributed by atoms with E-state index in [2.05, 4.69) is 32.2 Å². The third-order valence-corrected chi connectivity index (χ3v) is 5.78. The van der Waals surface area contributed by atoms with Crippen molar-refractivity contribution < 1.29 is 4.79 Å². The second-order valence-electron chi connectivity index (χ2n) is 8.09. The molecule has 1 aromatic carbocycles. The van der Waals surface area contributed by atoms with Gasteiger partial charge in [-0.15, -0.1) is 5.10 Å². The standard InChI is InChI=1S/C23H23N7O2/c1-15-3-4-17-13-19(22(31)25-21(17)24-15)20-14-30(27-26-20)18-7-5-16(6-8-18)23(32)29-11-9-28(2)10-12-29/h3-8,13-14H,9-12H2,1-2H3,(H,24,25,31). The Morgan fingerprint density at radius 2 is 1.78 bits per heavy atom. The Bertz CT molecular complexity index is 1350. The first-order chi connectivity index (χ1) is 15.5. The number of pyridine rings is 2. The lowest BCUT2D eigenvalue weighted by Crippen LogP contribution is -2.47. The van der Waals surface area contributed by atoms with E-state index in [0.717, 1.165) is 42.9 Å². The van der Waals surface area contributed by atoms with Crippen molar-refractivity contribution in [2.75, 3.05) is 33.2 Å². The molecule has 1 saturated heterocycles. The molecule has 3 aromatic heterocycles. The van der Waals surface area contributed by atoms with Crippen LogP contribution < -0.4 is 5.56 Å². The topological polar surface area (TPSA) is 100 Å². The Labute approximate surface area is 184 Å². The minimum absolute atomic E-state index is 0.0375. The highest BCUT2D eigenvalue weighted by Crippen LogP contribution is 2.19. The molecule has 0 unspecified atom stereocenters. The van der Waals surface area contributed by atoms with Gasteiger partial charge in [0.25, 0.3) is 11.5 Å². The van der Waals surface area contributed by atoms with Gasteiger partial charge in [-0.25, -0.2) is 9.67 Å². The molecule has 1 aliphatic heterocycles. The minimum Gasteiger partial charge on any atom is -0.336 e. The number of carbonyl (C=O) groups is 1. The summed E-state index contributed by atoms with van der Waals surface area (Å²) in [4.78, 5) is 36.6. The Balaban J connectivity index is 1.38. The lowest BCUT2D eigenvalue weighted by Gasteiger charge is -2.32. The van der Waals surface area contributed by atoms with E-state index in [4.69, 9.17) is 0 Å². The predicted molar refractivity (Wildman–Crippen MR) is 121 cm³/mol. The molecule has 1 fully saturated rings. The number of aromatic nitrogens is 5. The molecule has 1 amide bonds. The van der Waals surface area contributed by atoms with Crippen LogP contribution in [0.25, 0.3) is 28.0 Å². The van der Waals surface area contributed by atoms with E-state index in [1.807, 2.05) is 36.1 Å². The molecule has 9 heteroatoms. The predicted octanol–water partition coefficient (Wildman–Crippen LogP) is 1.87. The first-order valence-corrected chi connectivity index (χ1v) is 10.5. The summed E-state index contributed by atoms with van der Waals surface area (Å²) in [6.45, 7) is 5.11. The monoisotopic (exact) mass is 429 g/mol. The van der Waals surface area contributed by atoms with Gasteiger partial charge in [0.1, 0.15) is 11.3 Å². The van der Waals surface area contributed by atoms with E-state index in [1.165, 1.54) is 0 Å².